The monoisotopic (exact) mass is 298 g/mol. The first-order chi connectivity index (χ1) is 10.2. The zero-order valence-electron chi connectivity index (χ0n) is 12.1. The van der Waals surface area contributed by atoms with Crippen molar-refractivity contribution in [2.24, 2.45) is 0 Å². The lowest BCUT2D eigenvalue weighted by Gasteiger charge is -2.13. The molecule has 0 aliphatic carbocycles. The average Bonchev–Trinajstić information content (AvgIpc) is 2.91. The van der Waals surface area contributed by atoms with Gasteiger partial charge in [-0.15, -0.1) is 0 Å². The molecular weight excluding hydrogens is 280 g/mol. The molecule has 3 rings (SSSR count). The van der Waals surface area contributed by atoms with E-state index in [9.17, 15) is 0 Å². The molecular formula is C18H19ClN2. The Bertz CT molecular complexity index is 715. The number of benzene rings is 2. The Morgan fingerprint density at radius 2 is 1.86 bits per heavy atom. The van der Waals surface area contributed by atoms with E-state index < -0.39 is 0 Å². The highest BCUT2D eigenvalue weighted by molar-refractivity contribution is 6.30. The van der Waals surface area contributed by atoms with Gasteiger partial charge < -0.3 is 10.3 Å². The van der Waals surface area contributed by atoms with Crippen LogP contribution in [0.3, 0.4) is 0 Å². The van der Waals surface area contributed by atoms with Gasteiger partial charge in [0.2, 0.25) is 0 Å². The molecule has 0 fully saturated rings. The highest BCUT2D eigenvalue weighted by atomic mass is 35.5. The molecule has 0 aliphatic rings. The van der Waals surface area contributed by atoms with Gasteiger partial charge in [0.25, 0.3) is 0 Å². The Morgan fingerprint density at radius 1 is 1.10 bits per heavy atom. The summed E-state index contributed by atoms with van der Waals surface area (Å²) < 4.78 is 0. The molecule has 1 aromatic heterocycles. The Morgan fingerprint density at radius 3 is 2.67 bits per heavy atom. The van der Waals surface area contributed by atoms with Gasteiger partial charge in [0.15, 0.2) is 0 Å². The second-order valence-electron chi connectivity index (χ2n) is 5.47. The standard InChI is InChI=1S/C18H19ClN2/c1-13(10-14-6-8-16(19)9-7-14)20-11-15-12-21-18-5-3-2-4-17(15)18/h2-9,12-13,20-21H,10-11H2,1H3. The fourth-order valence-corrected chi connectivity index (χ4v) is 2.73. The molecule has 0 radical (unpaired) electrons. The molecule has 0 bridgehead atoms. The van der Waals surface area contributed by atoms with Crippen LogP contribution >= 0.6 is 11.6 Å². The van der Waals surface area contributed by atoms with Gasteiger partial charge in [0, 0.05) is 34.7 Å². The predicted octanol–water partition coefficient (Wildman–Crippen LogP) is 4.54. The summed E-state index contributed by atoms with van der Waals surface area (Å²) in [5, 5.41) is 5.67. The molecule has 1 atom stereocenters. The van der Waals surface area contributed by atoms with Crippen molar-refractivity contribution in [2.75, 3.05) is 0 Å². The zero-order valence-corrected chi connectivity index (χ0v) is 12.8. The van der Waals surface area contributed by atoms with Crippen LogP contribution in [0.25, 0.3) is 10.9 Å². The van der Waals surface area contributed by atoms with E-state index in [2.05, 4.69) is 59.8 Å². The smallest absolute Gasteiger partial charge is 0.0457 e. The number of nitrogens with one attached hydrogen (secondary N) is 2. The number of H-pyrrole nitrogens is 1. The second-order valence-corrected chi connectivity index (χ2v) is 5.91. The number of fused-ring (bicyclic) bond motifs is 1. The zero-order chi connectivity index (χ0) is 14.7. The minimum Gasteiger partial charge on any atom is -0.361 e. The van der Waals surface area contributed by atoms with Crippen LogP contribution in [0.4, 0.5) is 0 Å². The number of hydrogen-bond donors (Lipinski definition) is 2. The lowest BCUT2D eigenvalue weighted by Crippen LogP contribution is -2.27. The first-order valence-electron chi connectivity index (χ1n) is 7.25. The first-order valence-corrected chi connectivity index (χ1v) is 7.63. The van der Waals surface area contributed by atoms with E-state index in [1.807, 2.05) is 12.1 Å². The molecule has 0 aliphatic heterocycles. The average molecular weight is 299 g/mol. The number of halogens is 1. The van der Waals surface area contributed by atoms with Crippen LogP contribution < -0.4 is 5.32 Å². The lowest BCUT2D eigenvalue weighted by molar-refractivity contribution is 0.547. The third-order valence-electron chi connectivity index (χ3n) is 3.77. The number of para-hydroxylation sites is 1. The minimum atomic E-state index is 0.417. The summed E-state index contributed by atoms with van der Waals surface area (Å²) in [6.45, 7) is 3.09. The number of hydrogen-bond acceptors (Lipinski definition) is 1. The van der Waals surface area contributed by atoms with Gasteiger partial charge in [-0.05, 0) is 42.7 Å². The van der Waals surface area contributed by atoms with Crippen LogP contribution in [-0.2, 0) is 13.0 Å². The van der Waals surface area contributed by atoms with Crippen LogP contribution in [0.2, 0.25) is 5.02 Å². The van der Waals surface area contributed by atoms with E-state index in [1.54, 1.807) is 0 Å². The van der Waals surface area contributed by atoms with Crippen molar-refractivity contribution in [3.8, 4) is 0 Å². The number of aromatic amines is 1. The SMILES string of the molecule is CC(Cc1ccc(Cl)cc1)NCc1c[nH]c2ccccc12. The van der Waals surface area contributed by atoms with Crippen molar-refractivity contribution >= 4 is 22.5 Å². The summed E-state index contributed by atoms with van der Waals surface area (Å²) in [6, 6.07) is 16.9. The third kappa shape index (κ3) is 3.46. The van der Waals surface area contributed by atoms with Gasteiger partial charge in [-0.2, -0.15) is 0 Å². The van der Waals surface area contributed by atoms with E-state index in [1.165, 1.54) is 22.0 Å². The molecule has 3 heteroatoms. The van der Waals surface area contributed by atoms with Gasteiger partial charge in [0.05, 0.1) is 0 Å². The summed E-state index contributed by atoms with van der Waals surface area (Å²) in [4.78, 5) is 3.31. The van der Waals surface area contributed by atoms with E-state index in [0.29, 0.717) is 6.04 Å². The summed E-state index contributed by atoms with van der Waals surface area (Å²) in [6.07, 6.45) is 3.09. The Labute approximate surface area is 130 Å². The summed E-state index contributed by atoms with van der Waals surface area (Å²) in [5.74, 6) is 0. The van der Waals surface area contributed by atoms with Crippen LogP contribution in [0, 0.1) is 0 Å². The van der Waals surface area contributed by atoms with Crippen molar-refractivity contribution in [3.05, 3.63) is 70.9 Å². The highest BCUT2D eigenvalue weighted by Crippen LogP contribution is 2.17. The summed E-state index contributed by atoms with van der Waals surface area (Å²) in [5.41, 5.74) is 3.81. The maximum absolute atomic E-state index is 5.91. The fraction of sp³-hybridized carbons (Fsp3) is 0.222. The summed E-state index contributed by atoms with van der Waals surface area (Å²) in [7, 11) is 0. The van der Waals surface area contributed by atoms with Crippen LogP contribution in [0.15, 0.2) is 54.7 Å². The minimum absolute atomic E-state index is 0.417. The van der Waals surface area contributed by atoms with Gasteiger partial charge >= 0.3 is 0 Å². The molecule has 0 spiro atoms. The predicted molar refractivity (Wildman–Crippen MR) is 89.8 cm³/mol. The number of aromatic nitrogens is 1. The van der Waals surface area contributed by atoms with Gasteiger partial charge in [-0.25, -0.2) is 0 Å². The molecule has 2 aromatic carbocycles. The molecule has 2 N–H and O–H groups in total. The molecule has 0 saturated heterocycles. The summed E-state index contributed by atoms with van der Waals surface area (Å²) >= 11 is 5.91. The lowest BCUT2D eigenvalue weighted by atomic mass is 10.1. The fourth-order valence-electron chi connectivity index (χ4n) is 2.61. The molecule has 21 heavy (non-hydrogen) atoms. The van der Waals surface area contributed by atoms with Crippen LogP contribution in [0.5, 0.6) is 0 Å². The number of rotatable bonds is 5. The topological polar surface area (TPSA) is 27.8 Å². The molecule has 2 nitrogen and oxygen atoms in total. The van der Waals surface area contributed by atoms with Crippen molar-refractivity contribution < 1.29 is 0 Å². The molecule has 108 valence electrons. The maximum atomic E-state index is 5.91. The quantitative estimate of drug-likeness (QED) is 0.711. The van der Waals surface area contributed by atoms with E-state index >= 15 is 0 Å². The van der Waals surface area contributed by atoms with Crippen LogP contribution in [0.1, 0.15) is 18.1 Å². The Balaban J connectivity index is 1.60. The van der Waals surface area contributed by atoms with Gasteiger partial charge in [-0.1, -0.05) is 41.9 Å². The van der Waals surface area contributed by atoms with Crippen molar-refractivity contribution in [3.63, 3.8) is 0 Å². The highest BCUT2D eigenvalue weighted by Gasteiger charge is 2.06. The van der Waals surface area contributed by atoms with E-state index in [4.69, 9.17) is 11.6 Å². The second kappa shape index (κ2) is 6.33. The Kier molecular flexibility index (Phi) is 4.28. The molecule has 0 amide bonds. The molecule has 3 aromatic rings. The third-order valence-corrected chi connectivity index (χ3v) is 4.02. The van der Waals surface area contributed by atoms with Gasteiger partial charge in [-0.3, -0.25) is 0 Å². The Hall–Kier alpha value is -1.77. The normalized spacial score (nSPS) is 12.7. The molecule has 1 heterocycles. The maximum Gasteiger partial charge on any atom is 0.0457 e. The first kappa shape index (κ1) is 14.2. The largest absolute Gasteiger partial charge is 0.361 e. The van der Waals surface area contributed by atoms with E-state index in [-0.39, 0.29) is 0 Å². The van der Waals surface area contributed by atoms with Crippen LogP contribution in [-0.4, -0.2) is 11.0 Å². The van der Waals surface area contributed by atoms with Crippen molar-refractivity contribution in [2.45, 2.75) is 25.9 Å². The van der Waals surface area contributed by atoms with Crippen molar-refractivity contribution in [1.82, 2.24) is 10.3 Å². The molecule has 1 unspecified atom stereocenters. The van der Waals surface area contributed by atoms with Gasteiger partial charge in [0.1, 0.15) is 0 Å². The van der Waals surface area contributed by atoms with Crippen molar-refractivity contribution in [1.29, 1.82) is 0 Å². The van der Waals surface area contributed by atoms with E-state index in [0.717, 1.165) is 18.0 Å². The molecule has 0 saturated carbocycles.